The largest absolute Gasteiger partial charge is 0.416 e. The molecule has 0 aliphatic carbocycles. The Morgan fingerprint density at radius 2 is 1.91 bits per heavy atom. The summed E-state index contributed by atoms with van der Waals surface area (Å²) >= 11 is 1.39. The lowest BCUT2D eigenvalue weighted by Gasteiger charge is -2.11. The Bertz CT molecular complexity index is 1250. The first kappa shape index (κ1) is 21.9. The molecule has 1 N–H and O–H groups in total. The van der Waals surface area contributed by atoms with E-state index < -0.39 is 17.6 Å². The molecule has 0 radical (unpaired) electrons. The van der Waals surface area contributed by atoms with Gasteiger partial charge in [-0.25, -0.2) is 19.9 Å². The normalized spacial score (nSPS) is 12.8. The molecule has 166 valence electrons. The molecule has 3 heterocycles. The minimum atomic E-state index is -4.36. The summed E-state index contributed by atoms with van der Waals surface area (Å²) in [5, 5.41) is 3.60. The second-order valence-corrected chi connectivity index (χ2v) is 8.30. The van der Waals surface area contributed by atoms with Crippen molar-refractivity contribution in [3.05, 3.63) is 69.8 Å². The van der Waals surface area contributed by atoms with Crippen LogP contribution in [0.25, 0.3) is 11.2 Å². The minimum absolute atomic E-state index is 0.0500. The van der Waals surface area contributed by atoms with E-state index in [-0.39, 0.29) is 11.9 Å². The maximum atomic E-state index is 12.7. The van der Waals surface area contributed by atoms with Crippen LogP contribution in [-0.4, -0.2) is 30.4 Å². The van der Waals surface area contributed by atoms with Crippen molar-refractivity contribution in [3.8, 4) is 0 Å². The van der Waals surface area contributed by atoms with E-state index in [0.717, 1.165) is 27.6 Å². The monoisotopic (exact) mass is 460 g/mol. The number of aromatic nitrogens is 5. The molecule has 0 saturated heterocycles. The smallest absolute Gasteiger partial charge is 0.342 e. The summed E-state index contributed by atoms with van der Waals surface area (Å²) in [5.74, 6) is -0.366. The van der Waals surface area contributed by atoms with Crippen LogP contribution in [0.4, 0.5) is 13.2 Å². The fourth-order valence-electron chi connectivity index (χ4n) is 3.12. The molecule has 11 heteroatoms. The van der Waals surface area contributed by atoms with Crippen molar-refractivity contribution in [2.75, 3.05) is 0 Å². The molecule has 0 fully saturated rings. The van der Waals surface area contributed by atoms with Crippen molar-refractivity contribution in [3.63, 3.8) is 0 Å². The Hall–Kier alpha value is -3.34. The summed E-state index contributed by atoms with van der Waals surface area (Å²) in [6.07, 6.45) is 0.877. The van der Waals surface area contributed by atoms with E-state index in [1.165, 1.54) is 29.7 Å². The maximum Gasteiger partial charge on any atom is 0.416 e. The zero-order valence-corrected chi connectivity index (χ0v) is 18.0. The molecule has 32 heavy (non-hydrogen) atoms. The van der Waals surface area contributed by atoms with Crippen molar-refractivity contribution in [1.29, 1.82) is 0 Å². The molecule has 4 rings (SSSR count). The molecule has 0 aliphatic heterocycles. The highest BCUT2D eigenvalue weighted by molar-refractivity contribution is 7.11. The predicted octanol–water partition coefficient (Wildman–Crippen LogP) is 4.40. The van der Waals surface area contributed by atoms with Crippen molar-refractivity contribution >= 4 is 28.4 Å². The third-order valence-corrected chi connectivity index (χ3v) is 6.06. The Kier molecular flexibility index (Phi) is 5.92. The van der Waals surface area contributed by atoms with Gasteiger partial charge in [-0.05, 0) is 31.5 Å². The Labute approximate surface area is 185 Å². The van der Waals surface area contributed by atoms with Gasteiger partial charge in [0.05, 0.1) is 29.1 Å². The lowest BCUT2D eigenvalue weighted by atomic mass is 10.1. The summed E-state index contributed by atoms with van der Waals surface area (Å²) < 4.78 is 39.9. The molecule has 0 spiro atoms. The second-order valence-electron chi connectivity index (χ2n) is 7.16. The van der Waals surface area contributed by atoms with E-state index in [9.17, 15) is 18.0 Å². The number of rotatable bonds is 6. The SMILES string of the molecule is CCn1cnc2cnc(C(=O)NC(C)c3cnc(Cc4ccc(C(F)(F)F)cc4)s3)nc21. The molecule has 0 bridgehead atoms. The maximum absolute atomic E-state index is 12.7. The molecule has 1 unspecified atom stereocenters. The zero-order chi connectivity index (χ0) is 22.9. The average Bonchev–Trinajstić information content (AvgIpc) is 3.39. The third-order valence-electron chi connectivity index (χ3n) is 4.88. The number of carbonyl (C=O) groups excluding carboxylic acids is 1. The number of hydrogen-bond acceptors (Lipinski definition) is 6. The highest BCUT2D eigenvalue weighted by Crippen LogP contribution is 2.30. The number of hydrogen-bond donors (Lipinski definition) is 1. The average molecular weight is 460 g/mol. The first-order valence-electron chi connectivity index (χ1n) is 9.84. The Morgan fingerprint density at radius 3 is 2.59 bits per heavy atom. The minimum Gasteiger partial charge on any atom is -0.342 e. The van der Waals surface area contributed by atoms with Crippen LogP contribution < -0.4 is 5.32 Å². The van der Waals surface area contributed by atoms with E-state index in [4.69, 9.17) is 0 Å². The van der Waals surface area contributed by atoms with Gasteiger partial charge in [-0.2, -0.15) is 13.2 Å². The number of halogens is 3. The van der Waals surface area contributed by atoms with Crippen LogP contribution in [0.5, 0.6) is 0 Å². The van der Waals surface area contributed by atoms with Gasteiger partial charge in [0.15, 0.2) is 5.65 Å². The Morgan fingerprint density at radius 1 is 1.16 bits per heavy atom. The predicted molar refractivity (Wildman–Crippen MR) is 113 cm³/mol. The van der Waals surface area contributed by atoms with Crippen LogP contribution in [0.1, 0.15) is 51.5 Å². The van der Waals surface area contributed by atoms with Gasteiger partial charge >= 0.3 is 6.18 Å². The molecule has 1 atom stereocenters. The van der Waals surface area contributed by atoms with Gasteiger partial charge in [0.2, 0.25) is 5.82 Å². The Balaban J connectivity index is 1.42. The summed E-state index contributed by atoms with van der Waals surface area (Å²) in [4.78, 5) is 30.4. The lowest BCUT2D eigenvalue weighted by Crippen LogP contribution is -2.28. The molecular weight excluding hydrogens is 441 g/mol. The molecule has 1 amide bonds. The van der Waals surface area contributed by atoms with Crippen LogP contribution in [-0.2, 0) is 19.1 Å². The lowest BCUT2D eigenvalue weighted by molar-refractivity contribution is -0.137. The third kappa shape index (κ3) is 4.62. The van der Waals surface area contributed by atoms with Gasteiger partial charge in [0, 0.05) is 24.0 Å². The highest BCUT2D eigenvalue weighted by atomic mass is 32.1. The number of thiazole rings is 1. The zero-order valence-electron chi connectivity index (χ0n) is 17.2. The van der Waals surface area contributed by atoms with Crippen molar-refractivity contribution < 1.29 is 18.0 Å². The fourth-order valence-corrected chi connectivity index (χ4v) is 4.08. The molecule has 0 aliphatic rings. The number of fused-ring (bicyclic) bond motifs is 1. The van der Waals surface area contributed by atoms with Crippen LogP contribution in [0.2, 0.25) is 0 Å². The van der Waals surface area contributed by atoms with Crippen LogP contribution >= 0.6 is 11.3 Å². The van der Waals surface area contributed by atoms with E-state index in [1.54, 1.807) is 12.5 Å². The fraction of sp³-hybridized carbons (Fsp3) is 0.286. The van der Waals surface area contributed by atoms with E-state index in [0.29, 0.717) is 24.1 Å². The molecule has 7 nitrogen and oxygen atoms in total. The van der Waals surface area contributed by atoms with Crippen molar-refractivity contribution in [2.24, 2.45) is 0 Å². The molecule has 3 aromatic heterocycles. The number of imidazole rings is 1. The van der Waals surface area contributed by atoms with E-state index in [1.807, 2.05) is 18.4 Å². The molecule has 4 aromatic rings. The number of alkyl halides is 3. The summed E-state index contributed by atoms with van der Waals surface area (Å²) in [6, 6.07) is 4.69. The molecule has 1 aromatic carbocycles. The van der Waals surface area contributed by atoms with Gasteiger partial charge in [-0.1, -0.05) is 12.1 Å². The number of carbonyl (C=O) groups is 1. The molecule has 0 saturated carbocycles. The van der Waals surface area contributed by atoms with Gasteiger partial charge in [0.1, 0.15) is 5.52 Å². The van der Waals surface area contributed by atoms with Crippen LogP contribution in [0.3, 0.4) is 0 Å². The number of amides is 1. The number of aryl methyl sites for hydroxylation is 1. The standard InChI is InChI=1S/C21H19F3N6OS/c1-3-30-11-27-15-9-26-18(29-19(15)30)20(31)28-12(2)16-10-25-17(32-16)8-13-4-6-14(7-5-13)21(22,23)24/h4-7,9-12H,3,8H2,1-2H3,(H,28,31). The number of benzene rings is 1. The number of nitrogens with zero attached hydrogens (tertiary/aromatic N) is 5. The van der Waals surface area contributed by atoms with Gasteiger partial charge < -0.3 is 9.88 Å². The highest BCUT2D eigenvalue weighted by Gasteiger charge is 2.30. The van der Waals surface area contributed by atoms with Crippen LogP contribution in [0.15, 0.2) is 43.0 Å². The van der Waals surface area contributed by atoms with E-state index >= 15 is 0 Å². The summed E-state index contributed by atoms with van der Waals surface area (Å²) in [5.41, 5.74) is 1.26. The van der Waals surface area contributed by atoms with Gasteiger partial charge in [-0.3, -0.25) is 4.79 Å². The molecular formula is C21H19F3N6OS. The van der Waals surface area contributed by atoms with Crippen LogP contribution in [0, 0.1) is 0 Å². The number of nitrogens with one attached hydrogen (secondary N) is 1. The van der Waals surface area contributed by atoms with Crippen molar-refractivity contribution in [1.82, 2.24) is 29.8 Å². The van der Waals surface area contributed by atoms with Gasteiger partial charge in [-0.15, -0.1) is 11.3 Å². The first-order chi connectivity index (χ1) is 15.2. The quantitative estimate of drug-likeness (QED) is 0.461. The topological polar surface area (TPSA) is 85.6 Å². The van der Waals surface area contributed by atoms with Gasteiger partial charge in [0.25, 0.3) is 5.91 Å². The second kappa shape index (κ2) is 8.65. The summed E-state index contributed by atoms with van der Waals surface area (Å²) in [7, 11) is 0. The van der Waals surface area contributed by atoms with Crippen molar-refractivity contribution in [2.45, 2.75) is 39.0 Å². The first-order valence-corrected chi connectivity index (χ1v) is 10.7. The van der Waals surface area contributed by atoms with E-state index in [2.05, 4.69) is 25.3 Å². The summed E-state index contributed by atoms with van der Waals surface area (Å²) in [6.45, 7) is 4.45.